The number of amides is 2. The highest BCUT2D eigenvalue weighted by Crippen LogP contribution is 2.34. The summed E-state index contributed by atoms with van der Waals surface area (Å²) in [6.45, 7) is 5.57. The number of thioether (sulfide) groups is 1. The molecule has 0 unspecified atom stereocenters. The Kier molecular flexibility index (Phi) is 10.5. The minimum Gasteiger partial charge on any atom is -0.497 e. The number of aliphatic imine (C=N–C) groups is 1. The van der Waals surface area contributed by atoms with Gasteiger partial charge in [0.25, 0.3) is 0 Å². The molecule has 1 aliphatic heterocycles. The molecule has 3 aromatic carbocycles. The van der Waals surface area contributed by atoms with Gasteiger partial charge in [-0.2, -0.15) is 4.99 Å². The second kappa shape index (κ2) is 14.7. The van der Waals surface area contributed by atoms with Gasteiger partial charge in [-0.1, -0.05) is 49.9 Å². The number of rotatable bonds is 10. The topological polar surface area (TPSA) is 93.9 Å². The van der Waals surface area contributed by atoms with E-state index in [1.54, 1.807) is 18.9 Å². The monoisotopic (exact) mass is 652 g/mol. The number of nitrogens with one attached hydrogen (secondary N) is 1. The quantitative estimate of drug-likeness (QED) is 0.176. The molecule has 46 heavy (non-hydrogen) atoms. The van der Waals surface area contributed by atoms with E-state index in [0.717, 1.165) is 59.7 Å². The summed E-state index contributed by atoms with van der Waals surface area (Å²) in [4.78, 5) is 23.7. The standard InChI is InChI=1S/C33H35F3N6O3S/c1-22(2)28-20-27(44-3)15-16-29(28)41-18-5-19-46-32(41)39-31(43)37-17-4-6-23-7-9-24(10-8-23)30-38-21-42(40-30)25-11-13-26(14-12-25)45-33(34,35)36/h7-16,20-22H,4-6,17-19H2,1-3H3,(H,37,43)/b39-32-. The SMILES string of the molecule is COc1ccc(N2CCCS/C2=N\C(=O)NCCCc2ccc(-c3ncn(-c4ccc(OC(F)(F)F)cc4)n3)cc2)c(C(C)C)c1. The van der Waals surface area contributed by atoms with E-state index in [0.29, 0.717) is 23.2 Å². The van der Waals surface area contributed by atoms with Crippen LogP contribution in [0.1, 0.15) is 43.7 Å². The van der Waals surface area contributed by atoms with Crippen molar-refractivity contribution in [2.75, 3.05) is 30.9 Å². The van der Waals surface area contributed by atoms with Gasteiger partial charge < -0.3 is 19.7 Å². The summed E-state index contributed by atoms with van der Waals surface area (Å²) in [5, 5.41) is 8.07. The number of ether oxygens (including phenoxy) is 2. The summed E-state index contributed by atoms with van der Waals surface area (Å²) < 4.78 is 48.1. The third-order valence-corrected chi connectivity index (χ3v) is 8.35. The van der Waals surface area contributed by atoms with Crippen molar-refractivity contribution >= 4 is 28.6 Å². The van der Waals surface area contributed by atoms with Crippen molar-refractivity contribution in [3.05, 3.63) is 84.2 Å². The van der Waals surface area contributed by atoms with Crippen LogP contribution in [0.25, 0.3) is 17.1 Å². The average Bonchev–Trinajstić information content (AvgIpc) is 3.53. The number of aromatic nitrogens is 3. The van der Waals surface area contributed by atoms with Gasteiger partial charge in [-0.05, 0) is 78.8 Å². The van der Waals surface area contributed by atoms with Crippen LogP contribution in [0.3, 0.4) is 0 Å². The lowest BCUT2D eigenvalue weighted by molar-refractivity contribution is -0.274. The van der Waals surface area contributed by atoms with Gasteiger partial charge in [0.15, 0.2) is 11.0 Å². The molecule has 4 aromatic rings. The number of amidine groups is 1. The zero-order chi connectivity index (χ0) is 32.7. The van der Waals surface area contributed by atoms with Crippen LogP contribution in [0.5, 0.6) is 11.5 Å². The van der Waals surface area contributed by atoms with Crippen LogP contribution >= 0.6 is 11.8 Å². The van der Waals surface area contributed by atoms with Gasteiger partial charge in [0.05, 0.1) is 12.8 Å². The first-order chi connectivity index (χ1) is 22.1. The molecule has 242 valence electrons. The van der Waals surface area contributed by atoms with Gasteiger partial charge in [-0.15, -0.1) is 18.3 Å². The molecule has 9 nitrogen and oxygen atoms in total. The van der Waals surface area contributed by atoms with E-state index < -0.39 is 6.36 Å². The number of urea groups is 1. The lowest BCUT2D eigenvalue weighted by Crippen LogP contribution is -2.36. The number of alkyl halides is 3. The molecule has 1 aromatic heterocycles. The summed E-state index contributed by atoms with van der Waals surface area (Å²) in [7, 11) is 1.66. The average molecular weight is 653 g/mol. The molecule has 2 amide bonds. The van der Waals surface area contributed by atoms with E-state index >= 15 is 0 Å². The van der Waals surface area contributed by atoms with Gasteiger partial charge in [0.1, 0.15) is 17.8 Å². The van der Waals surface area contributed by atoms with E-state index in [1.807, 2.05) is 36.4 Å². The number of methoxy groups -OCH3 is 1. The number of hydrogen-bond acceptors (Lipinski definition) is 6. The van der Waals surface area contributed by atoms with Gasteiger partial charge in [-0.3, -0.25) is 0 Å². The molecule has 0 atom stereocenters. The maximum absolute atomic E-state index is 12.8. The van der Waals surface area contributed by atoms with Crippen LogP contribution in [0.2, 0.25) is 0 Å². The molecule has 1 saturated heterocycles. The first-order valence-corrected chi connectivity index (χ1v) is 15.9. The van der Waals surface area contributed by atoms with Crippen molar-refractivity contribution in [3.8, 4) is 28.6 Å². The summed E-state index contributed by atoms with van der Waals surface area (Å²) in [5.74, 6) is 2.18. The molecule has 2 heterocycles. The second-order valence-electron chi connectivity index (χ2n) is 10.9. The Bertz CT molecular complexity index is 1660. The van der Waals surface area contributed by atoms with Crippen LogP contribution in [-0.2, 0) is 6.42 Å². The van der Waals surface area contributed by atoms with Crippen molar-refractivity contribution in [1.82, 2.24) is 20.1 Å². The van der Waals surface area contributed by atoms with E-state index in [4.69, 9.17) is 4.74 Å². The third kappa shape index (κ3) is 8.59. The first-order valence-electron chi connectivity index (χ1n) is 14.9. The molecule has 0 saturated carbocycles. The van der Waals surface area contributed by atoms with Crippen LogP contribution < -0.4 is 19.7 Å². The van der Waals surface area contributed by atoms with Crippen molar-refractivity contribution in [1.29, 1.82) is 0 Å². The molecular formula is C33H35F3N6O3S. The summed E-state index contributed by atoms with van der Waals surface area (Å²) in [6.07, 6.45) is -0.742. The van der Waals surface area contributed by atoms with Gasteiger partial charge in [0, 0.05) is 30.1 Å². The highest BCUT2D eigenvalue weighted by molar-refractivity contribution is 8.14. The Morgan fingerprint density at radius 3 is 2.50 bits per heavy atom. The molecule has 5 rings (SSSR count). The molecule has 1 aliphatic rings. The molecule has 13 heteroatoms. The number of halogens is 3. The fourth-order valence-corrected chi connectivity index (χ4v) is 5.95. The van der Waals surface area contributed by atoms with E-state index in [2.05, 4.69) is 49.9 Å². The lowest BCUT2D eigenvalue weighted by atomic mass is 10.00. The largest absolute Gasteiger partial charge is 0.573 e. The Morgan fingerprint density at radius 2 is 1.80 bits per heavy atom. The Balaban J connectivity index is 1.13. The molecule has 1 fully saturated rings. The molecule has 1 N–H and O–H groups in total. The Morgan fingerprint density at radius 1 is 1.07 bits per heavy atom. The highest BCUT2D eigenvalue weighted by Gasteiger charge is 2.31. The number of aryl methyl sites for hydroxylation is 1. The van der Waals surface area contributed by atoms with Crippen LogP contribution in [-0.4, -0.2) is 58.3 Å². The number of nitrogens with zero attached hydrogens (tertiary/aromatic N) is 5. The lowest BCUT2D eigenvalue weighted by Gasteiger charge is -2.32. The predicted octanol–water partition coefficient (Wildman–Crippen LogP) is 7.61. The normalized spacial score (nSPS) is 14.5. The Hall–Kier alpha value is -4.52. The van der Waals surface area contributed by atoms with Crippen LogP contribution in [0.4, 0.5) is 23.7 Å². The number of anilines is 1. The molecule has 0 bridgehead atoms. The predicted molar refractivity (Wildman–Crippen MR) is 174 cm³/mol. The minimum atomic E-state index is -4.75. The zero-order valence-corrected chi connectivity index (χ0v) is 26.6. The maximum atomic E-state index is 12.8. The number of benzene rings is 3. The molecule has 0 radical (unpaired) electrons. The molecular weight excluding hydrogens is 617 g/mol. The van der Waals surface area contributed by atoms with Crippen molar-refractivity contribution in [3.63, 3.8) is 0 Å². The minimum absolute atomic E-state index is 0.283. The van der Waals surface area contributed by atoms with Crippen LogP contribution in [0.15, 0.2) is 78.0 Å². The van der Waals surface area contributed by atoms with E-state index in [-0.39, 0.29) is 17.7 Å². The fourth-order valence-electron chi connectivity index (χ4n) is 5.00. The van der Waals surface area contributed by atoms with Gasteiger partial charge >= 0.3 is 12.4 Å². The van der Waals surface area contributed by atoms with Gasteiger partial charge in [0.2, 0.25) is 0 Å². The Labute approximate surface area is 269 Å². The maximum Gasteiger partial charge on any atom is 0.573 e. The van der Waals surface area contributed by atoms with Crippen molar-refractivity contribution in [2.24, 2.45) is 4.99 Å². The fraction of sp³-hybridized carbons (Fsp3) is 0.333. The number of hydrogen-bond donors (Lipinski definition) is 1. The molecule has 0 aliphatic carbocycles. The first kappa shape index (κ1) is 32.9. The smallest absolute Gasteiger partial charge is 0.497 e. The summed E-state index contributed by atoms with van der Waals surface area (Å²) in [5.41, 5.74) is 4.65. The zero-order valence-electron chi connectivity index (χ0n) is 25.8. The second-order valence-corrected chi connectivity index (χ2v) is 12.0. The van der Waals surface area contributed by atoms with Crippen molar-refractivity contribution < 1.29 is 27.4 Å². The number of carbonyl (C=O) groups is 1. The van der Waals surface area contributed by atoms with Crippen molar-refractivity contribution in [2.45, 2.75) is 45.4 Å². The molecule has 0 spiro atoms. The number of carbonyl (C=O) groups excluding carboxylic acids is 1. The summed E-state index contributed by atoms with van der Waals surface area (Å²) in [6, 6.07) is 18.9. The van der Waals surface area contributed by atoms with Gasteiger partial charge in [-0.25, -0.2) is 14.5 Å². The van der Waals surface area contributed by atoms with E-state index in [9.17, 15) is 18.0 Å². The summed E-state index contributed by atoms with van der Waals surface area (Å²) >= 11 is 1.59. The van der Waals surface area contributed by atoms with Crippen LogP contribution in [0, 0.1) is 0 Å². The van der Waals surface area contributed by atoms with E-state index in [1.165, 1.54) is 35.3 Å². The highest BCUT2D eigenvalue weighted by atomic mass is 32.2. The third-order valence-electron chi connectivity index (χ3n) is 7.29.